The summed E-state index contributed by atoms with van der Waals surface area (Å²) in [5, 5.41) is 29.6. The molecule has 2 aromatic heterocycles. The van der Waals surface area contributed by atoms with E-state index >= 15 is 0 Å². The lowest BCUT2D eigenvalue weighted by atomic mass is 10.2. The number of nitrogens with one attached hydrogen (secondary N) is 4. The number of carbonyl (C=O) groups is 4. The maximum atomic E-state index is 11.9. The first-order valence-electron chi connectivity index (χ1n) is 11.0. The van der Waals surface area contributed by atoms with Gasteiger partial charge in [0.25, 0.3) is 0 Å². The molecule has 4 amide bonds. The lowest BCUT2D eigenvalue weighted by molar-refractivity contribution is -0.120. The highest BCUT2D eigenvalue weighted by atomic mass is 32.1. The molecule has 34 heavy (non-hydrogen) atoms. The first kappa shape index (κ1) is 27.2. The van der Waals surface area contributed by atoms with Gasteiger partial charge in [-0.25, -0.2) is 0 Å². The van der Waals surface area contributed by atoms with Crippen LogP contribution in [0.5, 0.6) is 0 Å². The number of nitrogens with zero attached hydrogens (tertiary/aromatic N) is 4. The molecule has 0 aliphatic carbocycles. The zero-order chi connectivity index (χ0) is 24.8. The summed E-state index contributed by atoms with van der Waals surface area (Å²) in [7, 11) is 0. The van der Waals surface area contributed by atoms with E-state index in [-0.39, 0.29) is 23.6 Å². The summed E-state index contributed by atoms with van der Waals surface area (Å²) in [5.74, 6) is -0.530. The van der Waals surface area contributed by atoms with Gasteiger partial charge in [-0.3, -0.25) is 19.2 Å². The molecule has 0 spiro atoms. The first-order chi connectivity index (χ1) is 16.3. The maximum Gasteiger partial charge on any atom is 0.226 e. The molecule has 4 N–H and O–H groups in total. The lowest BCUT2D eigenvalue weighted by Gasteiger charge is -2.02. The fourth-order valence-electron chi connectivity index (χ4n) is 2.75. The smallest absolute Gasteiger partial charge is 0.226 e. The van der Waals surface area contributed by atoms with Crippen LogP contribution in [0.25, 0.3) is 0 Å². The monoisotopic (exact) mass is 510 g/mol. The van der Waals surface area contributed by atoms with Gasteiger partial charge in [0.15, 0.2) is 0 Å². The normalized spacial score (nSPS) is 10.5. The van der Waals surface area contributed by atoms with Crippen molar-refractivity contribution in [1.82, 2.24) is 31.0 Å². The molecule has 186 valence electrons. The third-order valence-electron chi connectivity index (χ3n) is 4.37. The molecule has 12 nitrogen and oxygen atoms in total. The summed E-state index contributed by atoms with van der Waals surface area (Å²) in [6.07, 6.45) is 4.97. The van der Waals surface area contributed by atoms with Crippen LogP contribution in [0.2, 0.25) is 0 Å². The zero-order valence-corrected chi connectivity index (χ0v) is 20.9. The highest BCUT2D eigenvalue weighted by molar-refractivity contribution is 7.15. The topological polar surface area (TPSA) is 168 Å². The molecule has 0 saturated heterocycles. The summed E-state index contributed by atoms with van der Waals surface area (Å²) >= 11 is 2.70. The summed E-state index contributed by atoms with van der Waals surface area (Å²) in [6, 6.07) is 0. The largest absolute Gasteiger partial charge is 0.356 e. The van der Waals surface area contributed by atoms with Crippen molar-refractivity contribution in [2.45, 2.75) is 65.2 Å². The molecule has 2 rings (SSSR count). The van der Waals surface area contributed by atoms with Crippen LogP contribution in [0.3, 0.4) is 0 Å². The number of aryl methyl sites for hydroxylation is 2. The molecule has 0 unspecified atom stereocenters. The van der Waals surface area contributed by atoms with Crippen molar-refractivity contribution in [2.24, 2.45) is 0 Å². The van der Waals surface area contributed by atoms with Crippen molar-refractivity contribution < 1.29 is 19.2 Å². The van der Waals surface area contributed by atoms with Gasteiger partial charge in [-0.05, 0) is 25.7 Å². The molecule has 0 saturated carbocycles. The van der Waals surface area contributed by atoms with Gasteiger partial charge in [-0.15, -0.1) is 20.4 Å². The number of rotatable bonds is 15. The molecule has 0 aromatic carbocycles. The second kappa shape index (κ2) is 15.0. The van der Waals surface area contributed by atoms with Crippen LogP contribution in [0.1, 0.15) is 62.4 Å². The molecule has 2 heterocycles. The number of carbonyl (C=O) groups excluding carboxylic acids is 4. The summed E-state index contributed by atoms with van der Waals surface area (Å²) in [6.45, 7) is 3.81. The van der Waals surface area contributed by atoms with E-state index in [2.05, 4.69) is 41.7 Å². The van der Waals surface area contributed by atoms with Crippen molar-refractivity contribution in [3.05, 3.63) is 10.0 Å². The van der Waals surface area contributed by atoms with Gasteiger partial charge >= 0.3 is 0 Å². The van der Waals surface area contributed by atoms with Crippen LogP contribution >= 0.6 is 22.7 Å². The van der Waals surface area contributed by atoms with Crippen molar-refractivity contribution in [3.63, 3.8) is 0 Å². The van der Waals surface area contributed by atoms with Crippen LogP contribution in [0, 0.1) is 0 Å². The molecular formula is C20H30N8O4S2. The first-order valence-corrected chi connectivity index (χ1v) is 12.7. The number of anilines is 2. The summed E-state index contributed by atoms with van der Waals surface area (Å²) in [4.78, 5) is 45.4. The second-order valence-electron chi connectivity index (χ2n) is 7.48. The Morgan fingerprint density at radius 2 is 1.06 bits per heavy atom. The molecule has 0 atom stereocenters. The van der Waals surface area contributed by atoms with Gasteiger partial charge in [0.2, 0.25) is 33.9 Å². The van der Waals surface area contributed by atoms with Crippen LogP contribution in [-0.2, 0) is 32.0 Å². The highest BCUT2D eigenvalue weighted by Gasteiger charge is 2.10. The Labute approximate surface area is 205 Å². The lowest BCUT2D eigenvalue weighted by Crippen LogP contribution is -2.22. The van der Waals surface area contributed by atoms with Crippen LogP contribution in [-0.4, -0.2) is 57.1 Å². The maximum absolute atomic E-state index is 11.9. The zero-order valence-electron chi connectivity index (χ0n) is 19.3. The molecular weight excluding hydrogens is 480 g/mol. The molecule has 0 aliphatic heterocycles. The van der Waals surface area contributed by atoms with Gasteiger partial charge in [-0.2, -0.15) is 0 Å². The third-order valence-corrected chi connectivity index (χ3v) is 6.16. The van der Waals surface area contributed by atoms with E-state index < -0.39 is 0 Å². The van der Waals surface area contributed by atoms with Crippen molar-refractivity contribution in [1.29, 1.82) is 0 Å². The standard InChI is InChI=1S/C20H30N8O4S2/c1-13(29)21-11-5-7-15(31)23-19-27-25-17(33-19)9-3-4-10-18-26-28-20(34-18)24-16(32)8-6-12-22-14(2)30/h3-12H2,1-2H3,(H,21,29)(H,22,30)(H,23,27,31)(H,24,28,32). The Hall–Kier alpha value is -3.00. The molecule has 2 aromatic rings. The minimum absolute atomic E-state index is 0.112. The Morgan fingerprint density at radius 3 is 1.44 bits per heavy atom. The van der Waals surface area contributed by atoms with Gasteiger partial charge in [-0.1, -0.05) is 22.7 Å². The highest BCUT2D eigenvalue weighted by Crippen LogP contribution is 2.20. The SMILES string of the molecule is CC(=O)NCCCC(=O)Nc1nnc(CCCCc2nnc(NC(=O)CCCNC(C)=O)s2)s1. The molecule has 0 radical (unpaired) electrons. The minimum atomic E-state index is -0.153. The van der Waals surface area contributed by atoms with E-state index in [0.29, 0.717) is 49.0 Å². The van der Waals surface area contributed by atoms with E-state index in [0.717, 1.165) is 35.7 Å². The van der Waals surface area contributed by atoms with Crippen LogP contribution in [0.15, 0.2) is 0 Å². The number of hydrogen-bond donors (Lipinski definition) is 4. The molecule has 0 fully saturated rings. The predicted octanol–water partition coefficient (Wildman–Crippen LogP) is 1.66. The van der Waals surface area contributed by atoms with Gasteiger partial charge in [0, 0.05) is 52.6 Å². The van der Waals surface area contributed by atoms with E-state index in [4.69, 9.17) is 0 Å². The summed E-state index contributed by atoms with van der Waals surface area (Å²) < 4.78 is 0. The minimum Gasteiger partial charge on any atom is -0.356 e. The Balaban J connectivity index is 1.60. The van der Waals surface area contributed by atoms with Crippen molar-refractivity contribution in [3.8, 4) is 0 Å². The van der Waals surface area contributed by atoms with Gasteiger partial charge < -0.3 is 21.3 Å². The molecule has 0 bridgehead atoms. The fourth-order valence-corrected chi connectivity index (χ4v) is 4.35. The van der Waals surface area contributed by atoms with E-state index in [1.54, 1.807) is 0 Å². The quantitative estimate of drug-likeness (QED) is 0.262. The third kappa shape index (κ3) is 11.7. The summed E-state index contributed by atoms with van der Waals surface area (Å²) in [5.41, 5.74) is 0. The predicted molar refractivity (Wildman–Crippen MR) is 130 cm³/mol. The van der Waals surface area contributed by atoms with Gasteiger partial charge in [0.05, 0.1) is 0 Å². The molecule has 0 aliphatic rings. The van der Waals surface area contributed by atoms with Crippen molar-refractivity contribution >= 4 is 56.6 Å². The number of amides is 4. The Morgan fingerprint density at radius 1 is 0.647 bits per heavy atom. The molecule has 14 heteroatoms. The average molecular weight is 511 g/mol. The Bertz CT molecular complexity index is 886. The van der Waals surface area contributed by atoms with Crippen LogP contribution < -0.4 is 21.3 Å². The number of aromatic nitrogens is 4. The second-order valence-corrected chi connectivity index (χ2v) is 9.60. The van der Waals surface area contributed by atoms with Crippen LogP contribution in [0.4, 0.5) is 10.3 Å². The fraction of sp³-hybridized carbons (Fsp3) is 0.600. The van der Waals surface area contributed by atoms with E-state index in [9.17, 15) is 19.2 Å². The van der Waals surface area contributed by atoms with Crippen molar-refractivity contribution in [2.75, 3.05) is 23.7 Å². The van der Waals surface area contributed by atoms with Gasteiger partial charge in [0.1, 0.15) is 10.0 Å². The number of hydrogen-bond acceptors (Lipinski definition) is 10. The van der Waals surface area contributed by atoms with E-state index in [1.165, 1.54) is 36.5 Å². The average Bonchev–Trinajstić information content (AvgIpc) is 3.41. The van der Waals surface area contributed by atoms with E-state index in [1.807, 2.05) is 0 Å². The number of unbranched alkanes of at least 4 members (excludes halogenated alkanes) is 1. The Kier molecular flexibility index (Phi) is 12.0.